The Morgan fingerprint density at radius 1 is 1.05 bits per heavy atom. The van der Waals surface area contributed by atoms with Crippen molar-refractivity contribution in [1.82, 2.24) is 4.98 Å². The number of phenols is 1. The molecule has 38 heavy (non-hydrogen) atoms. The van der Waals surface area contributed by atoms with E-state index in [1.165, 1.54) is 6.20 Å². The van der Waals surface area contributed by atoms with E-state index in [2.05, 4.69) is 4.98 Å². The number of Topliss-reactive ketones (excluding diaryl/α,β-unsaturated/α-hetero) is 2. The summed E-state index contributed by atoms with van der Waals surface area (Å²) in [6.07, 6.45) is 1.38. The van der Waals surface area contributed by atoms with E-state index >= 15 is 0 Å². The molecule has 0 saturated heterocycles. The molecule has 1 heterocycles. The number of primary amides is 1. The van der Waals surface area contributed by atoms with Crippen molar-refractivity contribution < 1.29 is 34.8 Å². The highest BCUT2D eigenvalue weighted by Crippen LogP contribution is 2.57. The normalized spacial score (nSPS) is 28.7. The number of aromatic nitrogens is 1. The van der Waals surface area contributed by atoms with Gasteiger partial charge in [-0.05, 0) is 29.7 Å². The maximum absolute atomic E-state index is 14.0. The van der Waals surface area contributed by atoms with E-state index < -0.39 is 64.0 Å². The summed E-state index contributed by atoms with van der Waals surface area (Å²) in [4.78, 5) is 43.1. The number of phenolic OH excluding ortho intramolecular Hbond substituents is 1. The highest BCUT2D eigenvalue weighted by atomic mass is 16.3. The van der Waals surface area contributed by atoms with E-state index in [1.54, 1.807) is 30.3 Å². The molecular weight excluding hydrogens is 490 g/mol. The van der Waals surface area contributed by atoms with Crippen molar-refractivity contribution in [1.29, 1.82) is 0 Å². The Hall–Kier alpha value is -4.54. The fourth-order valence-corrected chi connectivity index (χ4v) is 6.42. The number of hydrogen-bond acceptors (Lipinski definition) is 9. The smallest absolute Gasteiger partial charge is 0.255 e. The molecule has 1 saturated carbocycles. The third kappa shape index (κ3) is 2.89. The molecule has 0 unspecified atom stereocenters. The molecule has 8 N–H and O–H groups in total. The SMILES string of the molecule is NC(=O)C1=C(O)[C@@]2(O)C(=O)C3=C(O)c4c(cc5cccnc5c4O)[C@H](c4ccccc4)[C@H]3C[C@H]2[C@H](N)C1=O. The van der Waals surface area contributed by atoms with Gasteiger partial charge in [-0.25, -0.2) is 0 Å². The van der Waals surface area contributed by atoms with Crippen LogP contribution in [0.3, 0.4) is 0 Å². The van der Waals surface area contributed by atoms with Crippen LogP contribution in [0.15, 0.2) is 71.6 Å². The quantitative estimate of drug-likeness (QED) is 0.275. The summed E-state index contributed by atoms with van der Waals surface area (Å²) in [7, 11) is 0. The number of nitrogens with two attached hydrogens (primary N) is 2. The summed E-state index contributed by atoms with van der Waals surface area (Å²) in [5.41, 5.74) is 8.90. The first-order valence-electron chi connectivity index (χ1n) is 12.0. The molecule has 1 aromatic heterocycles. The molecular formula is C28H23N3O7. The first-order chi connectivity index (χ1) is 18.1. The van der Waals surface area contributed by atoms with Crippen molar-refractivity contribution in [2.45, 2.75) is 24.0 Å². The van der Waals surface area contributed by atoms with Crippen molar-refractivity contribution >= 4 is 34.1 Å². The molecule has 0 bridgehead atoms. The van der Waals surface area contributed by atoms with Crippen molar-refractivity contribution in [3.05, 3.63) is 88.3 Å². The van der Waals surface area contributed by atoms with Crippen LogP contribution in [0.5, 0.6) is 5.75 Å². The Bertz CT molecular complexity index is 1640. The average molecular weight is 514 g/mol. The zero-order valence-electron chi connectivity index (χ0n) is 19.8. The summed E-state index contributed by atoms with van der Waals surface area (Å²) >= 11 is 0. The molecule has 192 valence electrons. The highest BCUT2D eigenvalue weighted by Gasteiger charge is 2.64. The molecule has 5 atom stereocenters. The van der Waals surface area contributed by atoms with Crippen molar-refractivity contribution in [2.75, 3.05) is 0 Å². The maximum atomic E-state index is 14.0. The van der Waals surface area contributed by atoms with E-state index in [9.17, 15) is 34.8 Å². The Morgan fingerprint density at radius 3 is 2.45 bits per heavy atom. The number of rotatable bonds is 2. The van der Waals surface area contributed by atoms with Crippen LogP contribution in [0.1, 0.15) is 29.0 Å². The molecule has 1 fully saturated rings. The lowest BCUT2D eigenvalue weighted by Crippen LogP contribution is -2.65. The topological polar surface area (TPSA) is 197 Å². The average Bonchev–Trinajstić information content (AvgIpc) is 2.89. The number of carbonyl (C=O) groups excluding carboxylic acids is 3. The molecule has 0 radical (unpaired) electrons. The number of aliphatic hydroxyl groups excluding tert-OH is 2. The van der Waals surface area contributed by atoms with Crippen LogP contribution in [-0.4, -0.2) is 54.5 Å². The van der Waals surface area contributed by atoms with E-state index in [1.807, 2.05) is 18.2 Å². The van der Waals surface area contributed by atoms with Gasteiger partial charge in [0, 0.05) is 34.9 Å². The van der Waals surface area contributed by atoms with Crippen LogP contribution in [0.2, 0.25) is 0 Å². The fourth-order valence-electron chi connectivity index (χ4n) is 6.42. The van der Waals surface area contributed by atoms with Gasteiger partial charge in [0.25, 0.3) is 5.91 Å². The van der Waals surface area contributed by atoms with Crippen LogP contribution in [0, 0.1) is 11.8 Å². The second-order valence-corrected chi connectivity index (χ2v) is 9.94. The molecule has 0 spiro atoms. The molecule has 0 aliphatic heterocycles. The number of benzene rings is 2. The van der Waals surface area contributed by atoms with Gasteiger partial charge in [0.05, 0.1) is 11.6 Å². The first kappa shape index (κ1) is 23.8. The van der Waals surface area contributed by atoms with E-state index in [0.29, 0.717) is 10.9 Å². The number of hydrogen-bond donors (Lipinski definition) is 6. The lowest BCUT2D eigenvalue weighted by molar-refractivity contribution is -0.149. The number of amides is 1. The van der Waals surface area contributed by atoms with Crippen LogP contribution < -0.4 is 11.5 Å². The third-order valence-corrected chi connectivity index (χ3v) is 8.12. The lowest BCUT2D eigenvalue weighted by atomic mass is 9.55. The summed E-state index contributed by atoms with van der Waals surface area (Å²) < 4.78 is 0. The van der Waals surface area contributed by atoms with E-state index in [0.717, 1.165) is 5.56 Å². The number of ketones is 2. The Balaban J connectivity index is 1.68. The molecule has 1 amide bonds. The lowest BCUT2D eigenvalue weighted by Gasteiger charge is -2.50. The van der Waals surface area contributed by atoms with Crippen molar-refractivity contribution in [2.24, 2.45) is 23.3 Å². The van der Waals surface area contributed by atoms with Gasteiger partial charge in [0.2, 0.25) is 5.78 Å². The zero-order valence-corrected chi connectivity index (χ0v) is 19.8. The minimum absolute atomic E-state index is 0.0264. The zero-order chi connectivity index (χ0) is 27.1. The standard InChI is InChI=1S/C28H23N3O7/c29-20-15-10-14-16(11-5-2-1-3-6-11)13-9-12-7-4-8-31-21(12)24(34)17(13)22(32)18(14)25(35)28(15,38)26(36)19(23(20)33)27(30)37/h1-9,14-16,20,32,34,36,38H,10,29H2,(H2,30,37)/t14-,15+,16+,20+,28+/m1/s1. The largest absolute Gasteiger partial charge is 0.508 e. The van der Waals surface area contributed by atoms with Gasteiger partial charge >= 0.3 is 0 Å². The predicted molar refractivity (Wildman–Crippen MR) is 135 cm³/mol. The Morgan fingerprint density at radius 2 is 1.76 bits per heavy atom. The maximum Gasteiger partial charge on any atom is 0.255 e. The number of fused-ring (bicyclic) bond motifs is 4. The van der Waals surface area contributed by atoms with E-state index in [4.69, 9.17) is 11.5 Å². The molecule has 6 rings (SSSR count). The minimum Gasteiger partial charge on any atom is -0.508 e. The van der Waals surface area contributed by atoms with Gasteiger partial charge in [-0.2, -0.15) is 0 Å². The number of nitrogens with zero attached hydrogens (tertiary/aromatic N) is 1. The van der Waals surface area contributed by atoms with Crippen LogP contribution in [-0.2, 0) is 14.4 Å². The molecule has 3 aliphatic carbocycles. The number of pyridine rings is 1. The van der Waals surface area contributed by atoms with E-state index in [-0.39, 0.29) is 28.8 Å². The monoisotopic (exact) mass is 513 g/mol. The summed E-state index contributed by atoms with van der Waals surface area (Å²) in [5, 5.41) is 45.8. The summed E-state index contributed by atoms with van der Waals surface area (Å²) in [5.74, 6) is -8.26. The van der Waals surface area contributed by atoms with Gasteiger partial charge in [-0.15, -0.1) is 0 Å². The van der Waals surface area contributed by atoms with Gasteiger partial charge in [0.15, 0.2) is 17.1 Å². The van der Waals surface area contributed by atoms with Crippen LogP contribution >= 0.6 is 0 Å². The van der Waals surface area contributed by atoms with Gasteiger partial charge in [-0.3, -0.25) is 19.4 Å². The fraction of sp³-hybridized carbons (Fsp3) is 0.214. The van der Waals surface area contributed by atoms with Gasteiger partial charge < -0.3 is 31.9 Å². The van der Waals surface area contributed by atoms with Gasteiger partial charge in [-0.1, -0.05) is 36.4 Å². The summed E-state index contributed by atoms with van der Waals surface area (Å²) in [6.45, 7) is 0. The predicted octanol–water partition coefficient (Wildman–Crippen LogP) is 1.50. The molecule has 10 heteroatoms. The molecule has 3 aromatic rings. The second-order valence-electron chi connectivity index (χ2n) is 9.94. The molecule has 10 nitrogen and oxygen atoms in total. The Kier molecular flexibility index (Phi) is 5.00. The molecule has 3 aliphatic rings. The van der Waals surface area contributed by atoms with Gasteiger partial charge in [0.1, 0.15) is 22.6 Å². The number of aromatic hydroxyl groups is 1. The third-order valence-electron chi connectivity index (χ3n) is 8.12. The second kappa shape index (κ2) is 7.98. The number of carbonyl (C=O) groups is 3. The van der Waals surface area contributed by atoms with Crippen molar-refractivity contribution in [3.63, 3.8) is 0 Å². The Labute approximate surface area is 215 Å². The van der Waals surface area contributed by atoms with Crippen molar-refractivity contribution in [3.8, 4) is 5.75 Å². The molecule has 2 aromatic carbocycles. The number of aliphatic hydroxyl groups is 3. The highest BCUT2D eigenvalue weighted by molar-refractivity contribution is 6.24. The summed E-state index contributed by atoms with van der Waals surface area (Å²) in [6, 6.07) is 12.8. The minimum atomic E-state index is -2.78. The van der Waals surface area contributed by atoms with Crippen LogP contribution in [0.25, 0.3) is 16.7 Å². The van der Waals surface area contributed by atoms with Crippen LogP contribution in [0.4, 0.5) is 0 Å². The first-order valence-corrected chi connectivity index (χ1v) is 12.0.